The van der Waals surface area contributed by atoms with E-state index in [2.05, 4.69) is 0 Å². The van der Waals surface area contributed by atoms with Crippen LogP contribution in [0.15, 0.2) is 33.9 Å². The van der Waals surface area contributed by atoms with Crippen LogP contribution in [0.5, 0.6) is 11.5 Å². The first-order valence-corrected chi connectivity index (χ1v) is 5.21. The van der Waals surface area contributed by atoms with Crippen LogP contribution in [-0.4, -0.2) is 6.79 Å². The van der Waals surface area contributed by atoms with Crippen LogP contribution < -0.4 is 20.3 Å². The predicted molar refractivity (Wildman–Crippen MR) is 62.5 cm³/mol. The molecule has 0 amide bonds. The lowest BCUT2D eigenvalue weighted by Gasteiger charge is -2.05. The molecule has 0 bridgehead atoms. The molecule has 1 aliphatic heterocycles. The van der Waals surface area contributed by atoms with Gasteiger partial charge in [0, 0.05) is 10.8 Å². The molecule has 3 aromatic carbocycles. The number of ether oxygens (including phenoxy) is 2. The van der Waals surface area contributed by atoms with Crippen molar-refractivity contribution in [3.05, 3.63) is 44.7 Å². The zero-order valence-corrected chi connectivity index (χ0v) is 8.65. The smallest absolute Gasteiger partial charge is 0.234 e. The molecule has 3 aromatic rings. The van der Waals surface area contributed by atoms with E-state index in [4.69, 9.17) is 9.47 Å². The number of benzene rings is 2. The van der Waals surface area contributed by atoms with Crippen LogP contribution in [0, 0.1) is 0 Å². The highest BCUT2D eigenvalue weighted by molar-refractivity contribution is 6.10. The lowest BCUT2D eigenvalue weighted by molar-refractivity contribution is 0.174. The fourth-order valence-corrected chi connectivity index (χ4v) is 2.32. The molecule has 0 fully saturated rings. The SMILES string of the molecule is O=c1c(=O)c2c1ccc1cc3c(cc12)OCO3. The molecule has 0 radical (unpaired) electrons. The highest BCUT2D eigenvalue weighted by Crippen LogP contribution is 2.37. The average molecular weight is 226 g/mol. The van der Waals surface area contributed by atoms with Crippen molar-refractivity contribution in [3.63, 3.8) is 0 Å². The van der Waals surface area contributed by atoms with Crippen LogP contribution in [0.25, 0.3) is 21.5 Å². The number of hydrogen-bond donors (Lipinski definition) is 0. The second-order valence-electron chi connectivity index (χ2n) is 4.07. The molecule has 0 spiro atoms. The van der Waals surface area contributed by atoms with Gasteiger partial charge in [-0.25, -0.2) is 0 Å². The van der Waals surface area contributed by atoms with Gasteiger partial charge < -0.3 is 9.47 Å². The standard InChI is InChI=1S/C13H6O4/c14-12-7-2-1-6-3-9-10(17-5-16-9)4-8(6)11(7)13(12)15/h1-4H,5H2. The van der Waals surface area contributed by atoms with Gasteiger partial charge in [-0.2, -0.15) is 0 Å². The molecular weight excluding hydrogens is 220 g/mol. The maximum absolute atomic E-state index is 11.5. The Balaban J connectivity index is 2.24. The first kappa shape index (κ1) is 8.75. The van der Waals surface area contributed by atoms with Gasteiger partial charge in [0.25, 0.3) is 0 Å². The molecule has 4 rings (SSSR count). The van der Waals surface area contributed by atoms with Crippen LogP contribution in [0.2, 0.25) is 0 Å². The third-order valence-corrected chi connectivity index (χ3v) is 3.19. The Labute approximate surface area is 94.7 Å². The predicted octanol–water partition coefficient (Wildman–Crippen LogP) is 1.32. The number of hydrogen-bond acceptors (Lipinski definition) is 4. The van der Waals surface area contributed by atoms with Crippen molar-refractivity contribution in [1.29, 1.82) is 0 Å². The lowest BCUT2D eigenvalue weighted by atomic mass is 9.97. The molecule has 1 aliphatic rings. The Morgan fingerprint density at radius 1 is 0.882 bits per heavy atom. The van der Waals surface area contributed by atoms with E-state index in [1.54, 1.807) is 12.1 Å². The molecular formula is C13H6O4. The van der Waals surface area contributed by atoms with E-state index in [-0.39, 0.29) is 6.79 Å². The zero-order chi connectivity index (χ0) is 11.6. The zero-order valence-electron chi connectivity index (χ0n) is 8.65. The van der Waals surface area contributed by atoms with Crippen LogP contribution >= 0.6 is 0 Å². The van der Waals surface area contributed by atoms with Crippen LogP contribution in [0.1, 0.15) is 0 Å². The number of rotatable bonds is 0. The van der Waals surface area contributed by atoms with E-state index >= 15 is 0 Å². The maximum Gasteiger partial charge on any atom is 0.234 e. The molecule has 4 nitrogen and oxygen atoms in total. The molecule has 0 aromatic heterocycles. The first-order valence-electron chi connectivity index (χ1n) is 5.21. The summed E-state index contributed by atoms with van der Waals surface area (Å²) in [5.41, 5.74) is -0.816. The summed E-state index contributed by atoms with van der Waals surface area (Å²) in [5.74, 6) is 1.30. The van der Waals surface area contributed by atoms with Crippen molar-refractivity contribution < 1.29 is 9.47 Å². The van der Waals surface area contributed by atoms with Crippen molar-refractivity contribution in [3.8, 4) is 11.5 Å². The van der Waals surface area contributed by atoms with Crippen molar-refractivity contribution in [2.24, 2.45) is 0 Å². The third kappa shape index (κ3) is 0.927. The van der Waals surface area contributed by atoms with E-state index in [0.717, 1.165) is 10.8 Å². The molecule has 82 valence electrons. The fraction of sp³-hybridized carbons (Fsp3) is 0.0769. The summed E-state index contributed by atoms with van der Waals surface area (Å²) in [6.45, 7) is 0.195. The van der Waals surface area contributed by atoms with E-state index < -0.39 is 10.9 Å². The highest BCUT2D eigenvalue weighted by atomic mass is 16.7. The number of fused-ring (bicyclic) bond motifs is 4. The fourth-order valence-electron chi connectivity index (χ4n) is 2.32. The van der Waals surface area contributed by atoms with Gasteiger partial charge in [0.2, 0.25) is 17.7 Å². The largest absolute Gasteiger partial charge is 0.454 e. The van der Waals surface area contributed by atoms with Crippen molar-refractivity contribution in [1.82, 2.24) is 0 Å². The lowest BCUT2D eigenvalue weighted by Crippen LogP contribution is -2.30. The summed E-state index contributed by atoms with van der Waals surface area (Å²) in [7, 11) is 0. The maximum atomic E-state index is 11.5. The molecule has 0 unspecified atom stereocenters. The minimum Gasteiger partial charge on any atom is -0.454 e. The molecule has 0 saturated carbocycles. The van der Waals surface area contributed by atoms with Gasteiger partial charge in [-0.3, -0.25) is 9.59 Å². The summed E-state index contributed by atoms with van der Waals surface area (Å²) in [4.78, 5) is 22.9. The first-order chi connectivity index (χ1) is 8.25. The van der Waals surface area contributed by atoms with Crippen molar-refractivity contribution >= 4 is 21.5 Å². The Hall–Kier alpha value is -2.36. The van der Waals surface area contributed by atoms with Gasteiger partial charge in [0.05, 0.1) is 0 Å². The highest BCUT2D eigenvalue weighted by Gasteiger charge is 2.19. The van der Waals surface area contributed by atoms with Crippen molar-refractivity contribution in [2.75, 3.05) is 6.79 Å². The van der Waals surface area contributed by atoms with Crippen molar-refractivity contribution in [2.45, 2.75) is 0 Å². The summed E-state index contributed by atoms with van der Waals surface area (Å²) in [6.07, 6.45) is 0. The van der Waals surface area contributed by atoms with Gasteiger partial charge in [0.1, 0.15) is 0 Å². The van der Waals surface area contributed by atoms with Crippen LogP contribution in [0.4, 0.5) is 0 Å². The van der Waals surface area contributed by atoms with Crippen LogP contribution in [0.3, 0.4) is 0 Å². The second kappa shape index (κ2) is 2.66. The average Bonchev–Trinajstić information content (AvgIpc) is 2.80. The van der Waals surface area contributed by atoms with Crippen LogP contribution in [-0.2, 0) is 0 Å². The van der Waals surface area contributed by atoms with E-state index in [1.165, 1.54) is 0 Å². The molecule has 0 N–H and O–H groups in total. The Bertz CT molecular complexity index is 853. The van der Waals surface area contributed by atoms with E-state index in [0.29, 0.717) is 22.3 Å². The minimum absolute atomic E-state index is 0.195. The van der Waals surface area contributed by atoms with E-state index in [1.807, 2.05) is 12.1 Å². The summed E-state index contributed by atoms with van der Waals surface area (Å²) >= 11 is 0. The van der Waals surface area contributed by atoms with Gasteiger partial charge >= 0.3 is 0 Å². The summed E-state index contributed by atoms with van der Waals surface area (Å²) < 4.78 is 10.5. The van der Waals surface area contributed by atoms with Gasteiger partial charge in [-0.15, -0.1) is 0 Å². The Kier molecular flexibility index (Phi) is 1.37. The topological polar surface area (TPSA) is 52.6 Å². The van der Waals surface area contributed by atoms with E-state index in [9.17, 15) is 9.59 Å². The molecule has 0 saturated heterocycles. The normalized spacial score (nSPS) is 13.9. The summed E-state index contributed by atoms with van der Waals surface area (Å²) in [6, 6.07) is 7.10. The molecule has 17 heavy (non-hydrogen) atoms. The minimum atomic E-state index is -0.413. The molecule has 0 aliphatic carbocycles. The second-order valence-corrected chi connectivity index (χ2v) is 4.07. The monoisotopic (exact) mass is 226 g/mol. The summed E-state index contributed by atoms with van der Waals surface area (Å²) in [5, 5.41) is 2.65. The Morgan fingerprint density at radius 3 is 2.47 bits per heavy atom. The Morgan fingerprint density at radius 2 is 1.65 bits per heavy atom. The van der Waals surface area contributed by atoms with Gasteiger partial charge in [-0.1, -0.05) is 6.07 Å². The molecule has 1 heterocycles. The quantitative estimate of drug-likeness (QED) is 0.542. The molecule has 0 atom stereocenters. The molecule has 4 heteroatoms. The third-order valence-electron chi connectivity index (χ3n) is 3.19. The van der Waals surface area contributed by atoms with Gasteiger partial charge in [-0.05, 0) is 29.0 Å². The van der Waals surface area contributed by atoms with Gasteiger partial charge in [0.15, 0.2) is 11.5 Å².